The molecule has 8 atom stereocenters. The van der Waals surface area contributed by atoms with Crippen LogP contribution >= 0.6 is 0 Å². The molecule has 8 unspecified atom stereocenters. The third kappa shape index (κ3) is 3.78. The second-order valence-electron chi connectivity index (χ2n) is 12.6. The first-order chi connectivity index (χ1) is 14.6. The van der Waals surface area contributed by atoms with Crippen LogP contribution in [0.4, 0.5) is 0 Å². The van der Waals surface area contributed by atoms with Crippen LogP contribution in [0.25, 0.3) is 0 Å². The van der Waals surface area contributed by atoms with Gasteiger partial charge in [0.1, 0.15) is 0 Å². The van der Waals surface area contributed by atoms with Crippen LogP contribution in [0.3, 0.4) is 0 Å². The summed E-state index contributed by atoms with van der Waals surface area (Å²) in [6.07, 6.45) is 13.2. The average Bonchev–Trinajstić information content (AvgIpc) is 3.07. The lowest BCUT2D eigenvalue weighted by Crippen LogP contribution is -2.53. The van der Waals surface area contributed by atoms with E-state index < -0.39 is 0 Å². The van der Waals surface area contributed by atoms with E-state index >= 15 is 0 Å². The van der Waals surface area contributed by atoms with E-state index in [4.69, 9.17) is 0 Å². The molecule has 0 bridgehead atoms. The Bertz CT molecular complexity index is 748. The molecular formula is C29H46O2. The standard InChI is InChI=1S/C29H46O2/c1-7-20(18(2)3)9-8-19(4)23-10-11-24-22-17-27(31)26-16-21(30)12-14-29(26,6)25(22)13-15-28(23,24)5/h16,18-20,22-25H,7-15,17H2,1-6H3. The average molecular weight is 427 g/mol. The Kier molecular flexibility index (Phi) is 6.34. The number of hydrogen-bond acceptors (Lipinski definition) is 2. The minimum atomic E-state index is -0.0510. The molecule has 174 valence electrons. The summed E-state index contributed by atoms with van der Waals surface area (Å²) < 4.78 is 0. The van der Waals surface area contributed by atoms with Gasteiger partial charge in [-0.15, -0.1) is 0 Å². The van der Waals surface area contributed by atoms with E-state index in [1.807, 2.05) is 0 Å². The second-order valence-corrected chi connectivity index (χ2v) is 12.6. The molecule has 0 aromatic heterocycles. The quantitative estimate of drug-likeness (QED) is 0.443. The fourth-order valence-electron chi connectivity index (χ4n) is 9.05. The number of carbonyl (C=O) groups is 2. The van der Waals surface area contributed by atoms with E-state index in [2.05, 4.69) is 41.5 Å². The molecule has 0 amide bonds. The van der Waals surface area contributed by atoms with Gasteiger partial charge >= 0.3 is 0 Å². The molecular weight excluding hydrogens is 380 g/mol. The van der Waals surface area contributed by atoms with Gasteiger partial charge in [-0.25, -0.2) is 0 Å². The summed E-state index contributed by atoms with van der Waals surface area (Å²) in [6, 6.07) is 0. The molecule has 4 aliphatic rings. The smallest absolute Gasteiger partial charge is 0.159 e. The van der Waals surface area contributed by atoms with Crippen molar-refractivity contribution in [3.05, 3.63) is 11.6 Å². The van der Waals surface area contributed by atoms with Crippen molar-refractivity contribution in [2.24, 2.45) is 52.3 Å². The fourth-order valence-corrected chi connectivity index (χ4v) is 9.05. The largest absolute Gasteiger partial charge is 0.295 e. The molecule has 0 saturated heterocycles. The second kappa shape index (κ2) is 8.45. The van der Waals surface area contributed by atoms with Crippen LogP contribution in [-0.4, -0.2) is 11.6 Å². The number of allylic oxidation sites excluding steroid dienone is 1. The molecule has 4 rings (SSSR count). The van der Waals surface area contributed by atoms with Crippen molar-refractivity contribution in [2.45, 2.75) is 106 Å². The van der Waals surface area contributed by atoms with Crippen molar-refractivity contribution in [1.82, 2.24) is 0 Å². The van der Waals surface area contributed by atoms with Crippen molar-refractivity contribution in [2.75, 3.05) is 0 Å². The van der Waals surface area contributed by atoms with E-state index in [1.54, 1.807) is 6.08 Å². The SMILES string of the molecule is CCC(CCC(C)C1CCC2C3CC(=O)C4=CC(=O)CCC4(C)C3CCC12C)C(C)C. The normalized spacial score (nSPS) is 42.0. The zero-order valence-electron chi connectivity index (χ0n) is 21.0. The van der Waals surface area contributed by atoms with Gasteiger partial charge in [0.2, 0.25) is 0 Å². The zero-order valence-corrected chi connectivity index (χ0v) is 21.0. The highest BCUT2D eigenvalue weighted by Gasteiger charge is 2.61. The summed E-state index contributed by atoms with van der Waals surface area (Å²) in [5.41, 5.74) is 1.24. The van der Waals surface area contributed by atoms with Crippen LogP contribution in [0.15, 0.2) is 11.6 Å². The molecule has 3 saturated carbocycles. The van der Waals surface area contributed by atoms with Gasteiger partial charge in [0.15, 0.2) is 11.6 Å². The minimum Gasteiger partial charge on any atom is -0.295 e. The molecule has 0 aromatic rings. The monoisotopic (exact) mass is 426 g/mol. The first-order valence-electron chi connectivity index (χ1n) is 13.4. The Morgan fingerprint density at radius 3 is 2.42 bits per heavy atom. The minimum absolute atomic E-state index is 0.0510. The van der Waals surface area contributed by atoms with Gasteiger partial charge in [0, 0.05) is 18.4 Å². The topological polar surface area (TPSA) is 34.1 Å². The summed E-state index contributed by atoms with van der Waals surface area (Å²) in [7, 11) is 0. The molecule has 31 heavy (non-hydrogen) atoms. The number of fused-ring (bicyclic) bond motifs is 5. The Morgan fingerprint density at radius 2 is 1.74 bits per heavy atom. The lowest BCUT2D eigenvalue weighted by Gasteiger charge is -2.57. The van der Waals surface area contributed by atoms with Crippen LogP contribution in [0.1, 0.15) is 106 Å². The van der Waals surface area contributed by atoms with Gasteiger partial charge in [-0.3, -0.25) is 9.59 Å². The third-order valence-corrected chi connectivity index (χ3v) is 11.0. The summed E-state index contributed by atoms with van der Waals surface area (Å²) in [5.74, 6) is 5.55. The summed E-state index contributed by atoms with van der Waals surface area (Å²) in [4.78, 5) is 25.3. The Labute approximate surface area is 191 Å². The molecule has 0 spiro atoms. The van der Waals surface area contributed by atoms with Gasteiger partial charge < -0.3 is 0 Å². The maximum absolute atomic E-state index is 13.2. The summed E-state index contributed by atoms with van der Waals surface area (Å²) in [6.45, 7) is 14.5. The predicted molar refractivity (Wildman–Crippen MR) is 128 cm³/mol. The molecule has 0 aromatic carbocycles. The van der Waals surface area contributed by atoms with E-state index in [0.29, 0.717) is 41.8 Å². The Balaban J connectivity index is 1.52. The number of carbonyl (C=O) groups excluding carboxylic acids is 2. The number of rotatable bonds is 6. The van der Waals surface area contributed by atoms with Crippen molar-refractivity contribution in [3.63, 3.8) is 0 Å². The van der Waals surface area contributed by atoms with Gasteiger partial charge in [-0.1, -0.05) is 54.4 Å². The van der Waals surface area contributed by atoms with E-state index in [-0.39, 0.29) is 11.2 Å². The zero-order chi connectivity index (χ0) is 22.6. The van der Waals surface area contributed by atoms with Crippen molar-refractivity contribution in [3.8, 4) is 0 Å². The molecule has 0 heterocycles. The van der Waals surface area contributed by atoms with Crippen molar-refractivity contribution < 1.29 is 9.59 Å². The Morgan fingerprint density at radius 1 is 1.00 bits per heavy atom. The van der Waals surface area contributed by atoms with Crippen LogP contribution in [-0.2, 0) is 9.59 Å². The van der Waals surface area contributed by atoms with Crippen LogP contribution in [0, 0.1) is 52.3 Å². The highest BCUT2D eigenvalue weighted by Crippen LogP contribution is 2.67. The van der Waals surface area contributed by atoms with Crippen molar-refractivity contribution >= 4 is 11.6 Å². The number of hydrogen-bond donors (Lipinski definition) is 0. The predicted octanol–water partition coefficient (Wildman–Crippen LogP) is 7.41. The maximum atomic E-state index is 13.2. The van der Waals surface area contributed by atoms with Crippen LogP contribution in [0.2, 0.25) is 0 Å². The first kappa shape index (κ1) is 23.2. The van der Waals surface area contributed by atoms with Gasteiger partial charge in [-0.05, 0) is 96.9 Å². The van der Waals surface area contributed by atoms with E-state index in [9.17, 15) is 9.59 Å². The highest BCUT2D eigenvalue weighted by atomic mass is 16.1. The lowest BCUT2D eigenvalue weighted by molar-refractivity contribution is -0.131. The van der Waals surface area contributed by atoms with Gasteiger partial charge in [-0.2, -0.15) is 0 Å². The summed E-state index contributed by atoms with van der Waals surface area (Å²) >= 11 is 0. The molecule has 2 heteroatoms. The molecule has 0 N–H and O–H groups in total. The highest BCUT2D eigenvalue weighted by molar-refractivity contribution is 6.05. The number of ketones is 2. The molecule has 0 radical (unpaired) electrons. The molecule has 3 fully saturated rings. The molecule has 4 aliphatic carbocycles. The van der Waals surface area contributed by atoms with E-state index in [0.717, 1.165) is 35.7 Å². The first-order valence-corrected chi connectivity index (χ1v) is 13.4. The molecule has 0 aliphatic heterocycles. The van der Waals surface area contributed by atoms with E-state index in [1.165, 1.54) is 44.9 Å². The fraction of sp³-hybridized carbons (Fsp3) is 0.862. The maximum Gasteiger partial charge on any atom is 0.159 e. The molecule has 2 nitrogen and oxygen atoms in total. The Hall–Kier alpha value is -0.920. The van der Waals surface area contributed by atoms with Crippen molar-refractivity contribution in [1.29, 1.82) is 0 Å². The summed E-state index contributed by atoms with van der Waals surface area (Å²) in [5, 5.41) is 0. The lowest BCUT2D eigenvalue weighted by atomic mass is 9.46. The third-order valence-electron chi connectivity index (χ3n) is 11.0. The van der Waals surface area contributed by atoms with Gasteiger partial charge in [0.25, 0.3) is 0 Å². The van der Waals surface area contributed by atoms with Gasteiger partial charge in [0.05, 0.1) is 0 Å². The van der Waals surface area contributed by atoms with Crippen LogP contribution < -0.4 is 0 Å². The van der Waals surface area contributed by atoms with Crippen LogP contribution in [0.5, 0.6) is 0 Å². The number of Topliss-reactive ketones (excluding diaryl/α,β-unsaturated/α-hetero) is 1.